The topological polar surface area (TPSA) is 0 Å². The fourth-order valence-electron chi connectivity index (χ4n) is 1.66. The van der Waals surface area contributed by atoms with Gasteiger partial charge in [-0.25, -0.2) is 0 Å². The second-order valence-corrected chi connectivity index (χ2v) is 8.81. The number of allylic oxidation sites excluding steroid dienone is 1. The Labute approximate surface area is 95.5 Å². The highest BCUT2D eigenvalue weighted by atomic mass is 31.2. The Kier molecular flexibility index (Phi) is 3.79. The van der Waals surface area contributed by atoms with E-state index < -0.39 is 7.14 Å². The molecule has 0 aliphatic carbocycles. The molecule has 2 heteroatoms. The third-order valence-corrected chi connectivity index (χ3v) is 7.28. The first kappa shape index (κ1) is 12.5. The molecule has 0 aliphatic rings. The van der Waals surface area contributed by atoms with Gasteiger partial charge in [0, 0.05) is 7.14 Å². The Morgan fingerprint density at radius 1 is 1.27 bits per heavy atom. The third-order valence-electron chi connectivity index (χ3n) is 2.83. The fourth-order valence-corrected chi connectivity index (χ4v) is 4.31. The second-order valence-electron chi connectivity index (χ2n) is 4.85. The van der Waals surface area contributed by atoms with Crippen molar-refractivity contribution >= 4 is 20.0 Å². The van der Waals surface area contributed by atoms with Crippen LogP contribution in [-0.4, -0.2) is 18.9 Å². The summed E-state index contributed by atoms with van der Waals surface area (Å²) in [7, 11) is 5.02. The molecule has 1 atom stereocenters. The molecule has 0 heterocycles. The zero-order chi connectivity index (χ0) is 11.5. The molecule has 0 bridgehead atoms. The molecule has 0 aromatic heterocycles. The molecule has 0 fully saturated rings. The lowest BCUT2D eigenvalue weighted by Crippen LogP contribution is -2.30. The third kappa shape index (κ3) is 2.52. The Morgan fingerprint density at radius 2 is 1.80 bits per heavy atom. The van der Waals surface area contributed by atoms with E-state index in [1.807, 2.05) is 12.1 Å². The predicted octanol–water partition coefficient (Wildman–Crippen LogP) is 3.40. The highest BCUT2D eigenvalue weighted by molar-refractivity contribution is 8.04. The van der Waals surface area contributed by atoms with Crippen molar-refractivity contribution in [1.82, 2.24) is 0 Å². The van der Waals surface area contributed by atoms with Gasteiger partial charge in [-0.15, -0.1) is 0 Å². The van der Waals surface area contributed by atoms with Gasteiger partial charge >= 0.3 is 7.57 Å². The van der Waals surface area contributed by atoms with E-state index in [4.69, 9.17) is 7.57 Å². The molecule has 78 valence electrons. The van der Waals surface area contributed by atoms with Crippen molar-refractivity contribution in [2.45, 2.75) is 25.9 Å². The van der Waals surface area contributed by atoms with Crippen molar-refractivity contribution in [2.24, 2.45) is 0 Å². The van der Waals surface area contributed by atoms with Crippen molar-refractivity contribution in [3.8, 4) is 0 Å². The van der Waals surface area contributed by atoms with Crippen molar-refractivity contribution in [2.75, 3.05) is 6.16 Å². The summed E-state index contributed by atoms with van der Waals surface area (Å²) in [5.41, 5.74) is 0. The molecular formula is C13H19BP+. The quantitative estimate of drug-likeness (QED) is 0.413. The fraction of sp³-hybridized carbons (Fsp3) is 0.385. The first-order valence-corrected chi connectivity index (χ1v) is 7.29. The minimum atomic E-state index is -1.62. The number of benzene rings is 1. The van der Waals surface area contributed by atoms with E-state index in [9.17, 15) is 0 Å². The van der Waals surface area contributed by atoms with Gasteiger partial charge in [-0.05, 0) is 32.9 Å². The van der Waals surface area contributed by atoms with Gasteiger partial charge in [0.15, 0.2) is 0 Å². The van der Waals surface area contributed by atoms with Crippen LogP contribution in [0.4, 0.5) is 0 Å². The Balaban J connectivity index is 3.18. The van der Waals surface area contributed by atoms with E-state index in [2.05, 4.69) is 51.6 Å². The van der Waals surface area contributed by atoms with Gasteiger partial charge in [0.05, 0.1) is 16.6 Å². The van der Waals surface area contributed by atoms with E-state index in [1.165, 1.54) is 5.30 Å². The molecular weight excluding hydrogens is 198 g/mol. The lowest BCUT2D eigenvalue weighted by molar-refractivity contribution is 0.785. The zero-order valence-electron chi connectivity index (χ0n) is 9.90. The van der Waals surface area contributed by atoms with Crippen LogP contribution in [0.1, 0.15) is 20.8 Å². The Hall–Kier alpha value is -0.545. The van der Waals surface area contributed by atoms with Crippen LogP contribution in [0, 0.1) is 0 Å². The van der Waals surface area contributed by atoms with Crippen LogP contribution >= 0.6 is 7.14 Å². The van der Waals surface area contributed by atoms with E-state index in [1.54, 1.807) is 0 Å². The number of hydrogen-bond acceptors (Lipinski definition) is 0. The summed E-state index contributed by atoms with van der Waals surface area (Å²) < 4.78 is 0. The summed E-state index contributed by atoms with van der Waals surface area (Å²) in [5, 5.41) is 1.42. The minimum absolute atomic E-state index is 0.128. The summed E-state index contributed by atoms with van der Waals surface area (Å²) in [4.78, 5) is 0. The molecule has 2 radical (unpaired) electrons. The molecule has 0 amide bonds. The molecule has 1 aromatic rings. The second kappa shape index (κ2) is 4.53. The molecule has 1 rings (SSSR count). The van der Waals surface area contributed by atoms with Crippen LogP contribution in [0.3, 0.4) is 0 Å². The maximum absolute atomic E-state index is 6.65. The zero-order valence-corrected chi connectivity index (χ0v) is 10.8. The molecule has 0 saturated heterocycles. The lowest BCUT2D eigenvalue weighted by Gasteiger charge is -2.35. The van der Waals surface area contributed by atoms with Gasteiger partial charge < -0.3 is 0 Å². The van der Waals surface area contributed by atoms with E-state index >= 15 is 0 Å². The van der Waals surface area contributed by atoms with Crippen molar-refractivity contribution in [3.05, 3.63) is 43.0 Å². The van der Waals surface area contributed by atoms with Crippen molar-refractivity contribution in [1.29, 1.82) is 0 Å². The number of rotatable bonds is 3. The van der Waals surface area contributed by atoms with Gasteiger partial charge in [0.2, 0.25) is 0 Å². The van der Waals surface area contributed by atoms with Gasteiger partial charge in [0.25, 0.3) is 0 Å². The van der Waals surface area contributed by atoms with Crippen LogP contribution in [-0.2, 0) is 0 Å². The van der Waals surface area contributed by atoms with E-state index in [0.29, 0.717) is 0 Å². The molecule has 0 N–H and O–H groups in total. The van der Waals surface area contributed by atoms with Crippen LogP contribution in [0.15, 0.2) is 43.0 Å². The normalized spacial score (nSPS) is 15.7. The first-order chi connectivity index (χ1) is 6.92. The van der Waals surface area contributed by atoms with Crippen molar-refractivity contribution < 1.29 is 0 Å². The molecule has 0 spiro atoms. The summed E-state index contributed by atoms with van der Waals surface area (Å²) in [6, 6.07) is 10.4. The average molecular weight is 217 g/mol. The molecule has 0 aliphatic heterocycles. The SMILES string of the molecule is [B][P+](CC=C)(c1ccccc1)C(C)(C)C. The highest BCUT2D eigenvalue weighted by Gasteiger charge is 2.45. The minimum Gasteiger partial charge on any atom is -0.0996 e. The maximum atomic E-state index is 6.65. The summed E-state index contributed by atoms with van der Waals surface area (Å²) in [5.74, 6) is 0. The Morgan fingerprint density at radius 3 is 2.20 bits per heavy atom. The molecule has 0 nitrogen and oxygen atoms in total. The predicted molar refractivity (Wildman–Crippen MR) is 73.6 cm³/mol. The smallest absolute Gasteiger partial charge is 0.0996 e. The number of hydrogen-bond donors (Lipinski definition) is 0. The van der Waals surface area contributed by atoms with Crippen LogP contribution in [0.2, 0.25) is 0 Å². The molecule has 1 unspecified atom stereocenters. The molecule has 0 saturated carbocycles. The van der Waals surface area contributed by atoms with Crippen LogP contribution < -0.4 is 5.30 Å². The van der Waals surface area contributed by atoms with Crippen molar-refractivity contribution in [3.63, 3.8) is 0 Å². The summed E-state index contributed by atoms with van der Waals surface area (Å²) in [6.45, 7) is 10.5. The first-order valence-electron chi connectivity index (χ1n) is 5.25. The van der Waals surface area contributed by atoms with Gasteiger partial charge in [-0.2, -0.15) is 0 Å². The van der Waals surface area contributed by atoms with Gasteiger partial charge in [-0.3, -0.25) is 0 Å². The standard InChI is InChI=1S/C13H19BP/c1-5-11-15(14,13(2,3)4)12-9-7-6-8-10-12/h5-10H,1,11H2,2-4H3/q+1. The van der Waals surface area contributed by atoms with E-state index in [-0.39, 0.29) is 5.16 Å². The maximum Gasteiger partial charge on any atom is 0.372 e. The molecule has 15 heavy (non-hydrogen) atoms. The van der Waals surface area contributed by atoms with Gasteiger partial charge in [0.1, 0.15) is 0 Å². The van der Waals surface area contributed by atoms with Crippen LogP contribution in [0.25, 0.3) is 0 Å². The lowest BCUT2D eigenvalue weighted by atomic mass is 10.2. The summed E-state index contributed by atoms with van der Waals surface area (Å²) >= 11 is 0. The van der Waals surface area contributed by atoms with Gasteiger partial charge in [-0.1, -0.05) is 30.9 Å². The van der Waals surface area contributed by atoms with Crippen LogP contribution in [0.5, 0.6) is 0 Å². The summed E-state index contributed by atoms with van der Waals surface area (Å²) in [6.07, 6.45) is 2.85. The largest absolute Gasteiger partial charge is 0.372 e. The Bertz CT molecular complexity index is 326. The average Bonchev–Trinajstić information content (AvgIpc) is 2.18. The molecule has 1 aromatic carbocycles. The highest BCUT2D eigenvalue weighted by Crippen LogP contribution is 2.63. The van der Waals surface area contributed by atoms with E-state index in [0.717, 1.165) is 6.16 Å². The monoisotopic (exact) mass is 217 g/mol.